The lowest BCUT2D eigenvalue weighted by atomic mass is 10.7. The lowest BCUT2D eigenvalue weighted by Gasteiger charge is -2.09. The van der Waals surface area contributed by atoms with Crippen LogP contribution in [0.1, 0.15) is 0 Å². The summed E-state index contributed by atoms with van der Waals surface area (Å²) in [5, 5.41) is 5.31. The Kier molecular flexibility index (Phi) is 1.62. The third kappa shape index (κ3) is 1.12. The number of nitrogens with one attached hydrogen (secondary N) is 2. The summed E-state index contributed by atoms with van der Waals surface area (Å²) >= 11 is 0. The van der Waals surface area contributed by atoms with Crippen molar-refractivity contribution < 1.29 is 0 Å². The molecule has 1 rings (SSSR count). The van der Waals surface area contributed by atoms with Gasteiger partial charge in [-0.1, -0.05) is 0 Å². The Morgan fingerprint density at radius 2 is 2.57 bits per heavy atom. The van der Waals surface area contributed by atoms with Gasteiger partial charge in [0.2, 0.25) is 0 Å². The maximum Gasteiger partial charge on any atom is 0.0621 e. The summed E-state index contributed by atoms with van der Waals surface area (Å²) in [5.41, 5.74) is 3.03. The Hall–Kier alpha value is -0.120. The zero-order valence-electron chi connectivity index (χ0n) is 4.57. The second-order valence-electron chi connectivity index (χ2n) is 1.65. The molecule has 1 aliphatic heterocycles. The molecule has 1 aliphatic rings. The minimum Gasteiger partial charge on any atom is -0.302 e. The minimum absolute atomic E-state index is 0.983. The summed E-state index contributed by atoms with van der Waals surface area (Å²) in [6.45, 7) is 3.22. The molecule has 0 amide bonds. The average Bonchev–Trinajstić information content (AvgIpc) is 2.14. The van der Waals surface area contributed by atoms with Gasteiger partial charge in [-0.05, 0) is 7.05 Å². The van der Waals surface area contributed by atoms with E-state index in [0.717, 1.165) is 19.8 Å². The van der Waals surface area contributed by atoms with Crippen LogP contribution in [0.2, 0.25) is 0 Å². The first-order valence-corrected chi connectivity index (χ1v) is 2.56. The molecule has 0 aliphatic carbocycles. The Morgan fingerprint density at radius 3 is 2.86 bits per heavy atom. The first-order chi connectivity index (χ1) is 3.43. The van der Waals surface area contributed by atoms with Crippen LogP contribution >= 0.6 is 0 Å². The van der Waals surface area contributed by atoms with Crippen LogP contribution in [0.25, 0.3) is 0 Å². The summed E-state index contributed by atoms with van der Waals surface area (Å²) in [5.74, 6) is 0. The van der Waals surface area contributed by atoms with Crippen LogP contribution in [0.3, 0.4) is 0 Å². The van der Waals surface area contributed by atoms with Crippen LogP contribution in [0.4, 0.5) is 0 Å². The van der Waals surface area contributed by atoms with E-state index in [2.05, 4.69) is 15.8 Å². The largest absolute Gasteiger partial charge is 0.302 e. The molecule has 3 nitrogen and oxygen atoms in total. The molecule has 0 spiro atoms. The van der Waals surface area contributed by atoms with E-state index in [0.29, 0.717) is 0 Å². The highest BCUT2D eigenvalue weighted by Crippen LogP contribution is 1.82. The molecule has 0 aromatic carbocycles. The van der Waals surface area contributed by atoms with Gasteiger partial charge in [-0.15, -0.1) is 0 Å². The Morgan fingerprint density at radius 1 is 1.71 bits per heavy atom. The van der Waals surface area contributed by atoms with Crippen molar-refractivity contribution in [3.63, 3.8) is 0 Å². The Bertz CT molecular complexity index is 48.9. The second kappa shape index (κ2) is 2.26. The lowest BCUT2D eigenvalue weighted by Crippen LogP contribution is -2.33. The van der Waals surface area contributed by atoms with Gasteiger partial charge in [0.15, 0.2) is 0 Å². The number of hydrazine groups is 1. The van der Waals surface area contributed by atoms with Gasteiger partial charge >= 0.3 is 0 Å². The summed E-state index contributed by atoms with van der Waals surface area (Å²) < 4.78 is 0. The van der Waals surface area contributed by atoms with Crippen LogP contribution in [-0.2, 0) is 0 Å². The highest BCUT2D eigenvalue weighted by Gasteiger charge is 2.05. The fourth-order valence-corrected chi connectivity index (χ4v) is 0.698. The van der Waals surface area contributed by atoms with Crippen molar-refractivity contribution in [2.45, 2.75) is 0 Å². The van der Waals surface area contributed by atoms with Crippen LogP contribution < -0.4 is 10.7 Å². The summed E-state index contributed by atoms with van der Waals surface area (Å²) in [4.78, 5) is 0. The van der Waals surface area contributed by atoms with Crippen molar-refractivity contribution in [2.75, 3.05) is 26.8 Å². The Balaban J connectivity index is 2.14. The SMILES string of the molecule is CNN1CCNC1. The number of hydrogen-bond donors (Lipinski definition) is 2. The molecule has 0 atom stereocenters. The predicted molar refractivity (Wildman–Crippen MR) is 28.6 cm³/mol. The smallest absolute Gasteiger partial charge is 0.0621 e. The minimum atomic E-state index is 0.983. The molecule has 1 heterocycles. The van der Waals surface area contributed by atoms with E-state index < -0.39 is 0 Å². The summed E-state index contributed by atoms with van der Waals surface area (Å²) in [6.07, 6.45) is 0. The highest BCUT2D eigenvalue weighted by molar-refractivity contribution is 4.58. The van der Waals surface area contributed by atoms with Gasteiger partial charge in [0.1, 0.15) is 0 Å². The third-order valence-electron chi connectivity index (χ3n) is 1.18. The quantitative estimate of drug-likeness (QED) is 0.443. The molecular weight excluding hydrogens is 90.1 g/mol. The van der Waals surface area contributed by atoms with Crippen molar-refractivity contribution in [2.24, 2.45) is 0 Å². The molecule has 0 saturated carbocycles. The van der Waals surface area contributed by atoms with E-state index in [4.69, 9.17) is 0 Å². The number of nitrogens with zero attached hydrogens (tertiary/aromatic N) is 1. The fraction of sp³-hybridized carbons (Fsp3) is 1.00. The molecule has 1 saturated heterocycles. The maximum absolute atomic E-state index is 3.19. The zero-order valence-corrected chi connectivity index (χ0v) is 4.57. The molecule has 1 fully saturated rings. The third-order valence-corrected chi connectivity index (χ3v) is 1.18. The molecule has 0 unspecified atom stereocenters. The number of hydrogen-bond acceptors (Lipinski definition) is 3. The molecule has 0 radical (unpaired) electrons. The normalized spacial score (nSPS) is 23.6. The van der Waals surface area contributed by atoms with Gasteiger partial charge in [-0.3, -0.25) is 5.43 Å². The van der Waals surface area contributed by atoms with E-state index in [9.17, 15) is 0 Å². The van der Waals surface area contributed by atoms with Gasteiger partial charge in [-0.2, -0.15) is 0 Å². The van der Waals surface area contributed by atoms with Gasteiger partial charge in [0.25, 0.3) is 0 Å². The molecule has 0 bridgehead atoms. The van der Waals surface area contributed by atoms with E-state index in [1.807, 2.05) is 7.05 Å². The van der Waals surface area contributed by atoms with E-state index >= 15 is 0 Å². The highest BCUT2D eigenvalue weighted by atomic mass is 15.5. The van der Waals surface area contributed by atoms with Crippen molar-refractivity contribution in [1.29, 1.82) is 0 Å². The summed E-state index contributed by atoms with van der Waals surface area (Å²) in [7, 11) is 1.94. The average molecular weight is 101 g/mol. The molecule has 7 heavy (non-hydrogen) atoms. The van der Waals surface area contributed by atoms with E-state index in [1.54, 1.807) is 0 Å². The topological polar surface area (TPSA) is 27.3 Å². The van der Waals surface area contributed by atoms with Crippen LogP contribution in [0.5, 0.6) is 0 Å². The molecule has 3 heteroatoms. The first kappa shape index (κ1) is 5.03. The number of rotatable bonds is 1. The second-order valence-corrected chi connectivity index (χ2v) is 1.65. The van der Waals surface area contributed by atoms with Crippen molar-refractivity contribution in [1.82, 2.24) is 15.8 Å². The monoisotopic (exact) mass is 101 g/mol. The van der Waals surface area contributed by atoms with Gasteiger partial charge < -0.3 is 5.32 Å². The van der Waals surface area contributed by atoms with Gasteiger partial charge in [0, 0.05) is 13.1 Å². The van der Waals surface area contributed by atoms with E-state index in [1.165, 1.54) is 0 Å². The van der Waals surface area contributed by atoms with Gasteiger partial charge in [0.05, 0.1) is 6.67 Å². The van der Waals surface area contributed by atoms with Crippen LogP contribution in [0.15, 0.2) is 0 Å². The van der Waals surface area contributed by atoms with Crippen LogP contribution in [-0.4, -0.2) is 31.8 Å². The van der Waals surface area contributed by atoms with Gasteiger partial charge in [-0.25, -0.2) is 5.01 Å². The molecular formula is C4H11N3. The maximum atomic E-state index is 3.19. The first-order valence-electron chi connectivity index (χ1n) is 2.56. The summed E-state index contributed by atoms with van der Waals surface area (Å²) in [6, 6.07) is 0. The predicted octanol–water partition coefficient (Wildman–Crippen LogP) is -1.02. The zero-order chi connectivity index (χ0) is 5.11. The molecule has 42 valence electrons. The fourth-order valence-electron chi connectivity index (χ4n) is 0.698. The lowest BCUT2D eigenvalue weighted by molar-refractivity contribution is 0.259. The molecule has 0 aromatic rings. The Labute approximate surface area is 43.7 Å². The van der Waals surface area contributed by atoms with Crippen molar-refractivity contribution >= 4 is 0 Å². The van der Waals surface area contributed by atoms with Crippen molar-refractivity contribution in [3.05, 3.63) is 0 Å². The van der Waals surface area contributed by atoms with Crippen molar-refractivity contribution in [3.8, 4) is 0 Å². The molecule has 2 N–H and O–H groups in total. The van der Waals surface area contributed by atoms with Crippen LogP contribution in [0, 0.1) is 0 Å². The van der Waals surface area contributed by atoms with E-state index in [-0.39, 0.29) is 0 Å². The standard InChI is InChI=1S/C4H11N3/c1-5-7-3-2-6-4-7/h5-6H,2-4H2,1H3. The molecule has 0 aromatic heterocycles.